The van der Waals surface area contributed by atoms with Crippen molar-refractivity contribution in [1.29, 1.82) is 0 Å². The Labute approximate surface area is 211 Å². The highest BCUT2D eigenvalue weighted by molar-refractivity contribution is 9.10. The molecule has 3 amide bonds. The van der Waals surface area contributed by atoms with E-state index in [2.05, 4.69) is 31.5 Å². The van der Waals surface area contributed by atoms with Crippen LogP contribution >= 0.6 is 15.9 Å². The van der Waals surface area contributed by atoms with Crippen molar-refractivity contribution in [1.82, 2.24) is 15.2 Å². The van der Waals surface area contributed by atoms with Crippen LogP contribution in [0.15, 0.2) is 16.7 Å². The predicted octanol–water partition coefficient (Wildman–Crippen LogP) is 4.41. The van der Waals surface area contributed by atoms with Crippen LogP contribution in [0.4, 0.5) is 19.4 Å². The number of piperidine rings is 1. The van der Waals surface area contributed by atoms with Crippen molar-refractivity contribution in [2.75, 3.05) is 11.9 Å². The highest BCUT2D eigenvalue weighted by Gasteiger charge is 2.68. The van der Waals surface area contributed by atoms with E-state index in [4.69, 9.17) is 4.74 Å². The molecule has 3 aliphatic rings. The maximum Gasteiger partial charge on any atom is 0.411 e. The number of carbonyl (C=O) groups excluding carboxylic acids is 3. The Balaban J connectivity index is 1.50. The molecule has 1 aromatic rings. The number of nitrogens with zero attached hydrogens (tertiary/aromatic N) is 2. The first kappa shape index (κ1) is 25.8. The van der Waals surface area contributed by atoms with Crippen molar-refractivity contribution >= 4 is 39.7 Å². The summed E-state index contributed by atoms with van der Waals surface area (Å²) in [6.45, 7) is 7.16. The van der Waals surface area contributed by atoms with Gasteiger partial charge in [-0.1, -0.05) is 6.07 Å². The number of carbonyl (C=O) groups is 3. The highest BCUT2D eigenvalue weighted by Crippen LogP contribution is 2.59. The molecule has 1 aliphatic heterocycles. The average molecular weight is 557 g/mol. The van der Waals surface area contributed by atoms with E-state index in [-0.39, 0.29) is 31.8 Å². The van der Waals surface area contributed by atoms with Crippen molar-refractivity contribution in [3.63, 3.8) is 0 Å². The molecule has 1 saturated heterocycles. The molecule has 1 aromatic heterocycles. The molecule has 0 radical (unpaired) electrons. The van der Waals surface area contributed by atoms with Gasteiger partial charge in [0.25, 0.3) is 5.92 Å². The van der Waals surface area contributed by atoms with Gasteiger partial charge in [-0.05, 0) is 80.9 Å². The second-order valence-electron chi connectivity index (χ2n) is 10.9. The molecule has 0 spiro atoms. The summed E-state index contributed by atoms with van der Waals surface area (Å²) < 4.78 is 34.2. The summed E-state index contributed by atoms with van der Waals surface area (Å²) in [5.74, 6) is -5.03. The van der Waals surface area contributed by atoms with Gasteiger partial charge >= 0.3 is 6.09 Å². The van der Waals surface area contributed by atoms with Gasteiger partial charge in [0.2, 0.25) is 11.8 Å². The Morgan fingerprint density at radius 1 is 1.23 bits per heavy atom. The summed E-state index contributed by atoms with van der Waals surface area (Å²) in [4.78, 5) is 44.6. The lowest BCUT2D eigenvalue weighted by molar-refractivity contribution is -0.136. The minimum Gasteiger partial charge on any atom is -0.444 e. The number of anilines is 1. The van der Waals surface area contributed by atoms with Gasteiger partial charge in [-0.3, -0.25) is 14.5 Å². The molecular formula is C24H31BrF2N4O4. The lowest BCUT2D eigenvalue weighted by Crippen LogP contribution is -2.47. The summed E-state index contributed by atoms with van der Waals surface area (Å²) in [6, 6.07) is 2.40. The van der Waals surface area contributed by atoms with Gasteiger partial charge < -0.3 is 15.4 Å². The fourth-order valence-corrected chi connectivity index (χ4v) is 5.47. The second-order valence-corrected chi connectivity index (χ2v) is 11.7. The van der Waals surface area contributed by atoms with Crippen LogP contribution < -0.4 is 10.6 Å². The molecule has 8 nitrogen and oxygen atoms in total. The third-order valence-electron chi connectivity index (χ3n) is 7.07. The monoisotopic (exact) mass is 556 g/mol. The molecule has 4 rings (SSSR count). The Hall–Kier alpha value is -2.30. The number of fused-ring (bicyclic) bond motifs is 1. The Morgan fingerprint density at radius 3 is 2.57 bits per heavy atom. The summed E-state index contributed by atoms with van der Waals surface area (Å²) in [7, 11) is 0. The van der Waals surface area contributed by atoms with E-state index < -0.39 is 46.8 Å². The second kappa shape index (κ2) is 8.97. The maximum absolute atomic E-state index is 14.0. The number of likely N-dealkylation sites (tertiary alicyclic amines) is 1. The highest BCUT2D eigenvalue weighted by atomic mass is 79.9. The number of aryl methyl sites for hydroxylation is 1. The first-order valence-corrected chi connectivity index (χ1v) is 12.6. The molecule has 0 bridgehead atoms. The van der Waals surface area contributed by atoms with Crippen LogP contribution in [0, 0.1) is 18.3 Å². The summed E-state index contributed by atoms with van der Waals surface area (Å²) in [5, 5.41) is 5.49. The first-order chi connectivity index (χ1) is 16.2. The Bertz CT molecular complexity index is 1050. The van der Waals surface area contributed by atoms with Crippen LogP contribution in [0.3, 0.4) is 0 Å². The first-order valence-electron chi connectivity index (χ1n) is 11.8. The third-order valence-corrected chi connectivity index (χ3v) is 7.52. The van der Waals surface area contributed by atoms with Gasteiger partial charge in [-0.15, -0.1) is 0 Å². The van der Waals surface area contributed by atoms with E-state index in [0.29, 0.717) is 23.3 Å². The third kappa shape index (κ3) is 5.29. The number of amides is 3. The zero-order chi connectivity index (χ0) is 25.8. The number of hydrogen-bond donors (Lipinski definition) is 2. The van der Waals surface area contributed by atoms with Gasteiger partial charge in [0.1, 0.15) is 28.0 Å². The van der Waals surface area contributed by atoms with Crippen LogP contribution in [-0.4, -0.2) is 57.9 Å². The zero-order valence-electron chi connectivity index (χ0n) is 20.3. The van der Waals surface area contributed by atoms with E-state index in [1.54, 1.807) is 32.9 Å². The number of ether oxygens (including phenoxy) is 1. The van der Waals surface area contributed by atoms with Crippen molar-refractivity contribution in [2.45, 2.75) is 83.4 Å². The van der Waals surface area contributed by atoms with Gasteiger partial charge in [-0.2, -0.15) is 0 Å². The number of alkyl halides is 2. The predicted molar refractivity (Wildman–Crippen MR) is 128 cm³/mol. The van der Waals surface area contributed by atoms with E-state index in [1.165, 1.54) is 4.90 Å². The molecule has 3 fully saturated rings. The zero-order valence-corrected chi connectivity index (χ0v) is 21.9. The maximum atomic E-state index is 14.0. The molecule has 2 saturated carbocycles. The van der Waals surface area contributed by atoms with E-state index in [1.807, 2.05) is 6.92 Å². The van der Waals surface area contributed by atoms with Gasteiger partial charge in [0.05, 0.1) is 0 Å². The summed E-state index contributed by atoms with van der Waals surface area (Å²) in [5.41, 5.74) is -0.557. The Morgan fingerprint density at radius 2 is 1.94 bits per heavy atom. The van der Waals surface area contributed by atoms with Crippen LogP contribution in [0.5, 0.6) is 0 Å². The number of aromatic nitrogens is 1. The minimum atomic E-state index is -3.00. The van der Waals surface area contributed by atoms with E-state index in [0.717, 1.165) is 5.56 Å². The molecule has 4 atom stereocenters. The number of hydrogen-bond acceptors (Lipinski definition) is 5. The van der Waals surface area contributed by atoms with Crippen molar-refractivity contribution in [2.24, 2.45) is 11.3 Å². The van der Waals surface area contributed by atoms with Crippen LogP contribution in [0.2, 0.25) is 0 Å². The number of pyridine rings is 1. The molecule has 2 unspecified atom stereocenters. The number of halogens is 3. The minimum absolute atomic E-state index is 0.125. The Kier molecular flexibility index (Phi) is 6.61. The quantitative estimate of drug-likeness (QED) is 0.523. The molecule has 192 valence electrons. The van der Waals surface area contributed by atoms with Gasteiger partial charge in [0, 0.05) is 24.4 Å². The number of rotatable bonds is 5. The summed E-state index contributed by atoms with van der Waals surface area (Å²) in [6.07, 6.45) is 0.425. The normalized spacial score (nSPS) is 28.9. The molecule has 35 heavy (non-hydrogen) atoms. The van der Waals surface area contributed by atoms with E-state index >= 15 is 0 Å². The molecule has 2 heterocycles. The SMILES string of the molecule is Cc1ccc(Br)nc1NC(=O)[C@@H]1C[C@@]2(CNC(=O)C3CCCC3(F)F)CC2N1C(=O)OC(C)(C)C. The van der Waals surface area contributed by atoms with Gasteiger partial charge in [-0.25, -0.2) is 18.6 Å². The standard InChI is InChI=1S/C24H31BrF2N4O4/c1-13-7-8-17(25)29-18(13)30-20(33)15-10-23(11-16(23)31(15)21(34)35-22(2,3)4)12-28-19(32)14-6-5-9-24(14,26)27/h7-8,14-16H,5-6,9-12H2,1-4H3,(H,28,32)(H,29,30,33)/t14?,15-,16?,23-/m0/s1. The number of nitrogens with one attached hydrogen (secondary N) is 2. The van der Waals surface area contributed by atoms with Crippen molar-refractivity contribution < 1.29 is 27.9 Å². The fourth-order valence-electron chi connectivity index (χ4n) is 5.16. The van der Waals surface area contributed by atoms with Crippen LogP contribution in [-0.2, 0) is 14.3 Å². The van der Waals surface area contributed by atoms with E-state index in [9.17, 15) is 23.2 Å². The molecule has 2 N–H and O–H groups in total. The molecular weight excluding hydrogens is 526 g/mol. The van der Waals surface area contributed by atoms with Crippen molar-refractivity contribution in [3.8, 4) is 0 Å². The van der Waals surface area contributed by atoms with Crippen LogP contribution in [0.25, 0.3) is 0 Å². The van der Waals surface area contributed by atoms with Gasteiger partial charge in [0.15, 0.2) is 0 Å². The molecule has 0 aromatic carbocycles. The summed E-state index contributed by atoms with van der Waals surface area (Å²) >= 11 is 3.29. The van der Waals surface area contributed by atoms with Crippen LogP contribution in [0.1, 0.15) is 58.4 Å². The average Bonchev–Trinajstić information content (AvgIpc) is 3.15. The molecule has 2 aliphatic carbocycles. The fraction of sp³-hybridized carbons (Fsp3) is 0.667. The lowest BCUT2D eigenvalue weighted by atomic mass is 9.98. The largest absolute Gasteiger partial charge is 0.444 e. The smallest absolute Gasteiger partial charge is 0.411 e. The molecule has 11 heteroatoms. The van der Waals surface area contributed by atoms with Crippen molar-refractivity contribution in [3.05, 3.63) is 22.3 Å². The topological polar surface area (TPSA) is 101 Å². The lowest BCUT2D eigenvalue weighted by Gasteiger charge is -2.29.